The molecular weight excluding hydrogens is 334 g/mol. The number of nitrogens with one attached hydrogen (secondary N) is 1. The topological polar surface area (TPSA) is 72.7 Å². The van der Waals surface area contributed by atoms with Crippen molar-refractivity contribution in [3.8, 4) is 0 Å². The quantitative estimate of drug-likeness (QED) is 0.825. The van der Waals surface area contributed by atoms with E-state index in [1.807, 2.05) is 6.20 Å². The summed E-state index contributed by atoms with van der Waals surface area (Å²) in [4.78, 5) is 16.8. The second-order valence-electron chi connectivity index (χ2n) is 7.22. The molecule has 2 fully saturated rings. The van der Waals surface area contributed by atoms with E-state index in [2.05, 4.69) is 21.0 Å². The standard InChI is InChI=1S/C18H25N5OS/c24-17(11-23-10-15(21-22-23)14-6-7-14)19-9-8-18-20-16(12-25-18)13-4-2-1-3-5-13/h10,12-14H,1-9,11H2,(H,19,24). The summed E-state index contributed by atoms with van der Waals surface area (Å²) in [6, 6.07) is 0. The molecule has 0 atom stereocenters. The minimum absolute atomic E-state index is 0.0173. The summed E-state index contributed by atoms with van der Waals surface area (Å²) in [7, 11) is 0. The third-order valence-electron chi connectivity index (χ3n) is 5.11. The SMILES string of the molecule is O=C(Cn1cc(C2CC2)nn1)NCCc1nc(C2CCCCC2)cs1. The van der Waals surface area contributed by atoms with Gasteiger partial charge in [0, 0.05) is 36.4 Å². The highest BCUT2D eigenvalue weighted by molar-refractivity contribution is 7.09. The maximum atomic E-state index is 12.0. The van der Waals surface area contributed by atoms with Crippen molar-refractivity contribution in [3.05, 3.63) is 28.0 Å². The van der Waals surface area contributed by atoms with Crippen molar-refractivity contribution >= 4 is 17.2 Å². The molecule has 2 aliphatic carbocycles. The van der Waals surface area contributed by atoms with Crippen LogP contribution in [0.25, 0.3) is 0 Å². The summed E-state index contributed by atoms with van der Waals surface area (Å²) in [5, 5.41) is 14.5. The van der Waals surface area contributed by atoms with E-state index < -0.39 is 0 Å². The number of nitrogens with zero attached hydrogens (tertiary/aromatic N) is 4. The van der Waals surface area contributed by atoms with Crippen molar-refractivity contribution in [1.82, 2.24) is 25.3 Å². The van der Waals surface area contributed by atoms with Gasteiger partial charge >= 0.3 is 0 Å². The van der Waals surface area contributed by atoms with Gasteiger partial charge < -0.3 is 5.32 Å². The van der Waals surface area contributed by atoms with Gasteiger partial charge in [-0.1, -0.05) is 24.5 Å². The minimum Gasteiger partial charge on any atom is -0.354 e. The number of carbonyl (C=O) groups excluding carboxylic acids is 1. The molecule has 1 amide bonds. The van der Waals surface area contributed by atoms with Crippen LogP contribution in [0.1, 0.15) is 73.2 Å². The summed E-state index contributed by atoms with van der Waals surface area (Å²) >= 11 is 1.72. The largest absolute Gasteiger partial charge is 0.354 e. The molecular formula is C18H25N5OS. The summed E-state index contributed by atoms with van der Waals surface area (Å²) in [6.45, 7) is 0.867. The Hall–Kier alpha value is -1.76. The summed E-state index contributed by atoms with van der Waals surface area (Å²) in [5.74, 6) is 1.21. The maximum Gasteiger partial charge on any atom is 0.241 e. The molecule has 7 heteroatoms. The Balaban J connectivity index is 1.20. The molecule has 0 aliphatic heterocycles. The summed E-state index contributed by atoms with van der Waals surface area (Å²) in [6.07, 6.45) is 11.7. The lowest BCUT2D eigenvalue weighted by molar-refractivity contribution is -0.121. The molecule has 0 spiro atoms. The van der Waals surface area contributed by atoms with Crippen LogP contribution in [0.2, 0.25) is 0 Å². The fraction of sp³-hybridized carbons (Fsp3) is 0.667. The van der Waals surface area contributed by atoms with Crippen molar-refractivity contribution in [2.75, 3.05) is 6.54 Å². The van der Waals surface area contributed by atoms with Gasteiger partial charge in [0.2, 0.25) is 5.91 Å². The first-order chi connectivity index (χ1) is 12.3. The van der Waals surface area contributed by atoms with Crippen LogP contribution in [-0.2, 0) is 17.8 Å². The van der Waals surface area contributed by atoms with Crippen LogP contribution in [0.5, 0.6) is 0 Å². The highest BCUT2D eigenvalue weighted by Gasteiger charge is 2.26. The van der Waals surface area contributed by atoms with E-state index in [0.29, 0.717) is 18.4 Å². The molecule has 0 bridgehead atoms. The van der Waals surface area contributed by atoms with Gasteiger partial charge in [0.1, 0.15) is 6.54 Å². The first-order valence-electron chi connectivity index (χ1n) is 9.39. The van der Waals surface area contributed by atoms with E-state index in [1.165, 1.54) is 50.6 Å². The lowest BCUT2D eigenvalue weighted by Gasteiger charge is -2.19. The van der Waals surface area contributed by atoms with Crippen LogP contribution >= 0.6 is 11.3 Å². The van der Waals surface area contributed by atoms with Crippen LogP contribution in [-0.4, -0.2) is 32.4 Å². The Bertz CT molecular complexity index is 715. The Morgan fingerprint density at radius 3 is 2.76 bits per heavy atom. The second kappa shape index (κ2) is 7.64. The molecule has 6 nitrogen and oxygen atoms in total. The smallest absolute Gasteiger partial charge is 0.241 e. The Morgan fingerprint density at radius 2 is 1.96 bits per heavy atom. The van der Waals surface area contributed by atoms with Crippen LogP contribution in [0.4, 0.5) is 0 Å². The maximum absolute atomic E-state index is 12.0. The molecule has 1 N–H and O–H groups in total. The first-order valence-corrected chi connectivity index (χ1v) is 10.3. The molecule has 4 rings (SSSR count). The van der Waals surface area contributed by atoms with Crippen LogP contribution in [0.3, 0.4) is 0 Å². The molecule has 25 heavy (non-hydrogen) atoms. The highest BCUT2D eigenvalue weighted by Crippen LogP contribution is 2.38. The highest BCUT2D eigenvalue weighted by atomic mass is 32.1. The van der Waals surface area contributed by atoms with Gasteiger partial charge in [-0.3, -0.25) is 4.79 Å². The van der Waals surface area contributed by atoms with Gasteiger partial charge in [-0.2, -0.15) is 0 Å². The lowest BCUT2D eigenvalue weighted by Crippen LogP contribution is -2.29. The number of hydrogen-bond acceptors (Lipinski definition) is 5. The van der Waals surface area contributed by atoms with Gasteiger partial charge in [0.25, 0.3) is 0 Å². The molecule has 2 aliphatic rings. The van der Waals surface area contributed by atoms with Gasteiger partial charge in [-0.05, 0) is 25.7 Å². The number of rotatable bonds is 7. The van der Waals surface area contributed by atoms with E-state index in [-0.39, 0.29) is 12.5 Å². The molecule has 0 aromatic carbocycles. The zero-order valence-corrected chi connectivity index (χ0v) is 15.3. The van der Waals surface area contributed by atoms with E-state index in [0.717, 1.165) is 17.1 Å². The molecule has 0 radical (unpaired) electrons. The van der Waals surface area contributed by atoms with Crippen molar-refractivity contribution in [2.24, 2.45) is 0 Å². The average Bonchev–Trinajstić information content (AvgIpc) is 3.19. The lowest BCUT2D eigenvalue weighted by atomic mass is 9.87. The van der Waals surface area contributed by atoms with Gasteiger partial charge in [0.15, 0.2) is 0 Å². The Kier molecular flexibility index (Phi) is 5.10. The fourth-order valence-corrected chi connectivity index (χ4v) is 4.37. The van der Waals surface area contributed by atoms with E-state index >= 15 is 0 Å². The van der Waals surface area contributed by atoms with Crippen molar-refractivity contribution in [1.29, 1.82) is 0 Å². The Labute approximate surface area is 152 Å². The number of thiazole rings is 1. The molecule has 134 valence electrons. The summed E-state index contributed by atoms with van der Waals surface area (Å²) < 4.78 is 1.63. The number of carbonyl (C=O) groups is 1. The monoisotopic (exact) mass is 359 g/mol. The fourth-order valence-electron chi connectivity index (χ4n) is 3.49. The third kappa shape index (κ3) is 4.45. The van der Waals surface area contributed by atoms with E-state index in [9.17, 15) is 4.79 Å². The molecule has 0 saturated heterocycles. The van der Waals surface area contributed by atoms with E-state index in [1.54, 1.807) is 16.0 Å². The minimum atomic E-state index is -0.0173. The van der Waals surface area contributed by atoms with Gasteiger partial charge in [-0.15, -0.1) is 16.4 Å². The van der Waals surface area contributed by atoms with Crippen molar-refractivity contribution < 1.29 is 4.79 Å². The predicted octanol–water partition coefficient (Wildman–Crippen LogP) is 3.02. The first kappa shape index (κ1) is 16.7. The third-order valence-corrected chi connectivity index (χ3v) is 6.04. The second-order valence-corrected chi connectivity index (χ2v) is 8.16. The van der Waals surface area contributed by atoms with Crippen LogP contribution in [0, 0.1) is 0 Å². The molecule has 0 unspecified atom stereocenters. The normalized spacial score (nSPS) is 18.4. The summed E-state index contributed by atoms with van der Waals surface area (Å²) in [5.41, 5.74) is 2.28. The van der Waals surface area contributed by atoms with Gasteiger partial charge in [0.05, 0.1) is 16.4 Å². The average molecular weight is 359 g/mol. The molecule has 2 saturated carbocycles. The van der Waals surface area contributed by atoms with Crippen LogP contribution < -0.4 is 5.32 Å². The zero-order chi connectivity index (χ0) is 17.1. The molecule has 2 heterocycles. The predicted molar refractivity (Wildman–Crippen MR) is 96.7 cm³/mol. The zero-order valence-electron chi connectivity index (χ0n) is 14.5. The number of hydrogen-bond donors (Lipinski definition) is 1. The Morgan fingerprint density at radius 1 is 1.16 bits per heavy atom. The van der Waals surface area contributed by atoms with Crippen molar-refractivity contribution in [2.45, 2.75) is 69.7 Å². The van der Waals surface area contributed by atoms with Gasteiger partial charge in [-0.25, -0.2) is 9.67 Å². The van der Waals surface area contributed by atoms with Crippen LogP contribution in [0.15, 0.2) is 11.6 Å². The number of amides is 1. The molecule has 2 aromatic heterocycles. The van der Waals surface area contributed by atoms with Crippen molar-refractivity contribution in [3.63, 3.8) is 0 Å². The number of aromatic nitrogens is 4. The van der Waals surface area contributed by atoms with E-state index in [4.69, 9.17) is 4.98 Å². The molecule has 2 aromatic rings.